The summed E-state index contributed by atoms with van der Waals surface area (Å²) < 4.78 is 2.21. The van der Waals surface area contributed by atoms with Crippen molar-refractivity contribution in [1.29, 1.82) is 0 Å². The van der Waals surface area contributed by atoms with Crippen LogP contribution in [0.2, 0.25) is 0 Å². The Balaban J connectivity index is 1.53. The number of likely N-dealkylation sites (tertiary alicyclic amines) is 1. The van der Waals surface area contributed by atoms with Crippen LogP contribution in [-0.2, 0) is 17.9 Å². The Morgan fingerprint density at radius 1 is 1.03 bits per heavy atom. The van der Waals surface area contributed by atoms with Gasteiger partial charge in [0, 0.05) is 5.69 Å². The van der Waals surface area contributed by atoms with Crippen LogP contribution in [0.25, 0.3) is 0 Å². The van der Waals surface area contributed by atoms with Crippen LogP contribution in [-0.4, -0.2) is 39.0 Å². The highest BCUT2D eigenvalue weighted by Gasteiger charge is 2.24. The quantitative estimate of drug-likeness (QED) is 0.433. The number of hydrogen-bond acceptors (Lipinski definition) is 4. The predicted molar refractivity (Wildman–Crippen MR) is 143 cm³/mol. The first kappa shape index (κ1) is 25.5. The number of nitrogens with zero attached hydrogens (tertiary/aromatic N) is 3. The number of carbonyl (C=O) groups is 1. The number of para-hydroxylation sites is 1. The number of nitrogens with one attached hydrogen (secondary N) is 2. The summed E-state index contributed by atoms with van der Waals surface area (Å²) >= 11 is 1.49. The number of quaternary nitrogens is 1. The number of aromatic nitrogens is 3. The van der Waals surface area contributed by atoms with E-state index in [9.17, 15) is 4.79 Å². The van der Waals surface area contributed by atoms with Crippen molar-refractivity contribution in [3.63, 3.8) is 0 Å². The zero-order chi connectivity index (χ0) is 24.8. The summed E-state index contributed by atoms with van der Waals surface area (Å²) in [6.07, 6.45) is 3.88. The number of piperidine rings is 1. The molecule has 0 spiro atoms. The maximum absolute atomic E-state index is 13.2. The van der Waals surface area contributed by atoms with Crippen LogP contribution in [0.1, 0.15) is 68.5 Å². The van der Waals surface area contributed by atoms with Gasteiger partial charge < -0.3 is 10.2 Å². The SMILES string of the molecule is Cc1cccc(C(C)C)c1NC(=O)[C@@H](C)Sc1nnc(C[NH+]2CCCCC2)n1Cc1ccccc1. The molecule has 4 rings (SSSR count). The minimum Gasteiger partial charge on any atom is -0.329 e. The molecule has 0 bridgehead atoms. The molecule has 2 aromatic carbocycles. The molecular formula is C28H38N5OS+. The molecular weight excluding hydrogens is 454 g/mol. The van der Waals surface area contributed by atoms with E-state index in [0.29, 0.717) is 12.5 Å². The predicted octanol–water partition coefficient (Wildman–Crippen LogP) is 4.45. The standard InChI is InChI=1S/C28H37N5OS/c1-20(2)24-15-11-12-21(3)26(24)29-27(34)22(4)35-28-31-30-25(19-32-16-9-6-10-17-32)33(28)18-23-13-7-5-8-14-23/h5,7-8,11-15,20,22H,6,9-10,16-19H2,1-4H3,(H,29,34)/p+1/t22-/m1/s1. The van der Waals surface area contributed by atoms with Crippen LogP contribution < -0.4 is 10.2 Å². The average molecular weight is 493 g/mol. The second-order valence-corrected chi connectivity index (χ2v) is 11.2. The van der Waals surface area contributed by atoms with E-state index in [4.69, 9.17) is 0 Å². The van der Waals surface area contributed by atoms with Gasteiger partial charge in [-0.1, -0.05) is 74.1 Å². The molecule has 35 heavy (non-hydrogen) atoms. The zero-order valence-electron chi connectivity index (χ0n) is 21.4. The van der Waals surface area contributed by atoms with E-state index >= 15 is 0 Å². The number of rotatable bonds is 9. The van der Waals surface area contributed by atoms with Gasteiger partial charge in [-0.2, -0.15) is 0 Å². The first-order valence-electron chi connectivity index (χ1n) is 12.8. The van der Waals surface area contributed by atoms with Crippen LogP contribution in [0.15, 0.2) is 53.7 Å². The van der Waals surface area contributed by atoms with Gasteiger partial charge in [-0.25, -0.2) is 0 Å². The third-order valence-corrected chi connectivity index (χ3v) is 7.85. The monoisotopic (exact) mass is 492 g/mol. The Kier molecular flexibility index (Phi) is 8.63. The summed E-state index contributed by atoms with van der Waals surface area (Å²) in [5.74, 6) is 1.33. The van der Waals surface area contributed by atoms with E-state index in [2.05, 4.69) is 70.3 Å². The average Bonchev–Trinajstić information content (AvgIpc) is 3.21. The molecule has 1 amide bonds. The van der Waals surface area contributed by atoms with Gasteiger partial charge in [0.05, 0.1) is 24.9 Å². The van der Waals surface area contributed by atoms with Crippen molar-refractivity contribution in [3.05, 3.63) is 71.0 Å². The first-order chi connectivity index (χ1) is 16.9. The van der Waals surface area contributed by atoms with Crippen molar-refractivity contribution in [1.82, 2.24) is 14.8 Å². The van der Waals surface area contributed by atoms with Crippen molar-refractivity contribution in [2.45, 2.75) is 76.4 Å². The number of thioether (sulfide) groups is 1. The highest BCUT2D eigenvalue weighted by atomic mass is 32.2. The number of benzene rings is 2. The van der Waals surface area contributed by atoms with Crippen molar-refractivity contribution >= 4 is 23.4 Å². The number of carbonyl (C=O) groups excluding carboxylic acids is 1. The molecule has 1 aliphatic heterocycles. The smallest absolute Gasteiger partial charge is 0.237 e. The van der Waals surface area contributed by atoms with Crippen LogP contribution in [0.4, 0.5) is 5.69 Å². The summed E-state index contributed by atoms with van der Waals surface area (Å²) in [7, 11) is 0. The molecule has 3 aromatic rings. The Morgan fingerprint density at radius 2 is 1.77 bits per heavy atom. The maximum atomic E-state index is 13.2. The minimum absolute atomic E-state index is 0.0105. The summed E-state index contributed by atoms with van der Waals surface area (Å²) in [5, 5.41) is 12.8. The molecule has 1 atom stereocenters. The molecule has 1 fully saturated rings. The lowest BCUT2D eigenvalue weighted by molar-refractivity contribution is -0.919. The van der Waals surface area contributed by atoms with Gasteiger partial charge in [-0.05, 0) is 55.7 Å². The summed E-state index contributed by atoms with van der Waals surface area (Å²) in [4.78, 5) is 14.8. The second kappa shape index (κ2) is 11.9. The largest absolute Gasteiger partial charge is 0.329 e. The van der Waals surface area contributed by atoms with Crippen LogP contribution in [0.5, 0.6) is 0 Å². The normalized spacial score (nSPS) is 15.3. The molecule has 186 valence electrons. The molecule has 0 unspecified atom stereocenters. The number of anilines is 1. The van der Waals surface area contributed by atoms with Gasteiger partial charge in [-0.15, -0.1) is 10.2 Å². The minimum atomic E-state index is -0.302. The van der Waals surface area contributed by atoms with E-state index in [0.717, 1.165) is 34.3 Å². The molecule has 2 N–H and O–H groups in total. The van der Waals surface area contributed by atoms with Crippen molar-refractivity contribution in [3.8, 4) is 0 Å². The van der Waals surface area contributed by atoms with E-state index < -0.39 is 0 Å². The van der Waals surface area contributed by atoms with Gasteiger partial charge in [0.1, 0.15) is 6.54 Å². The molecule has 6 nitrogen and oxygen atoms in total. The first-order valence-corrected chi connectivity index (χ1v) is 13.7. The summed E-state index contributed by atoms with van der Waals surface area (Å²) in [6, 6.07) is 16.6. The van der Waals surface area contributed by atoms with Gasteiger partial charge in [-0.3, -0.25) is 9.36 Å². The van der Waals surface area contributed by atoms with E-state index in [1.165, 1.54) is 49.7 Å². The molecule has 7 heteroatoms. The molecule has 0 radical (unpaired) electrons. The lowest BCUT2D eigenvalue weighted by Crippen LogP contribution is -3.11. The molecule has 1 aliphatic rings. The van der Waals surface area contributed by atoms with Crippen molar-refractivity contribution in [2.75, 3.05) is 18.4 Å². The second-order valence-electron chi connectivity index (χ2n) is 9.90. The molecule has 1 saturated heterocycles. The zero-order valence-corrected chi connectivity index (χ0v) is 22.2. The summed E-state index contributed by atoms with van der Waals surface area (Å²) in [6.45, 7) is 12.3. The Morgan fingerprint density at radius 3 is 2.49 bits per heavy atom. The lowest BCUT2D eigenvalue weighted by Gasteiger charge is -2.23. The highest BCUT2D eigenvalue weighted by molar-refractivity contribution is 8.00. The van der Waals surface area contributed by atoms with Crippen molar-refractivity contribution in [2.24, 2.45) is 0 Å². The summed E-state index contributed by atoms with van der Waals surface area (Å²) in [5.41, 5.74) is 4.39. The molecule has 0 saturated carbocycles. The molecule has 1 aromatic heterocycles. The topological polar surface area (TPSA) is 64.2 Å². The lowest BCUT2D eigenvalue weighted by atomic mass is 9.98. The van der Waals surface area contributed by atoms with E-state index in [1.54, 1.807) is 4.90 Å². The molecule has 0 aliphatic carbocycles. The van der Waals surface area contributed by atoms with Gasteiger partial charge in [0.15, 0.2) is 11.0 Å². The van der Waals surface area contributed by atoms with E-state index in [1.807, 2.05) is 26.0 Å². The Labute approximate surface area is 213 Å². The van der Waals surface area contributed by atoms with Gasteiger partial charge in [0.25, 0.3) is 0 Å². The number of aryl methyl sites for hydroxylation is 1. The Hall–Kier alpha value is -2.64. The number of amides is 1. The van der Waals surface area contributed by atoms with Crippen LogP contribution >= 0.6 is 11.8 Å². The molecule has 2 heterocycles. The highest BCUT2D eigenvalue weighted by Crippen LogP contribution is 2.29. The maximum Gasteiger partial charge on any atom is 0.237 e. The van der Waals surface area contributed by atoms with Gasteiger partial charge in [0.2, 0.25) is 5.91 Å². The van der Waals surface area contributed by atoms with Crippen molar-refractivity contribution < 1.29 is 9.69 Å². The van der Waals surface area contributed by atoms with Crippen LogP contribution in [0.3, 0.4) is 0 Å². The third kappa shape index (κ3) is 6.53. The van der Waals surface area contributed by atoms with Crippen LogP contribution in [0, 0.1) is 6.92 Å². The Bertz CT molecular complexity index is 1120. The van der Waals surface area contributed by atoms with E-state index in [-0.39, 0.29) is 11.2 Å². The van der Waals surface area contributed by atoms with Gasteiger partial charge >= 0.3 is 0 Å². The fraction of sp³-hybridized carbons (Fsp3) is 0.464. The fourth-order valence-electron chi connectivity index (χ4n) is 4.69. The third-order valence-electron chi connectivity index (χ3n) is 6.77. The number of hydrogen-bond donors (Lipinski definition) is 2. The fourth-order valence-corrected chi connectivity index (χ4v) is 5.56.